The van der Waals surface area contributed by atoms with Crippen LogP contribution in [0.3, 0.4) is 0 Å². The van der Waals surface area contributed by atoms with Gasteiger partial charge in [-0.2, -0.15) is 5.10 Å². The summed E-state index contributed by atoms with van der Waals surface area (Å²) in [6.07, 6.45) is 6.72. The minimum Gasteiger partial charge on any atom is -0.393 e. The number of rotatable bonds is 5. The van der Waals surface area contributed by atoms with Gasteiger partial charge in [-0.15, -0.1) is 0 Å². The Morgan fingerprint density at radius 2 is 1.93 bits per heavy atom. The molecule has 3 aromatic heterocycles. The average Bonchev–Trinajstić information content (AvgIpc) is 3.22. The van der Waals surface area contributed by atoms with Crippen molar-refractivity contribution >= 4 is 11.5 Å². The van der Waals surface area contributed by atoms with Crippen LogP contribution in [-0.4, -0.2) is 24.7 Å². The van der Waals surface area contributed by atoms with Crippen LogP contribution in [0.4, 0.5) is 11.5 Å². The van der Waals surface area contributed by atoms with E-state index in [0.717, 1.165) is 11.3 Å². The second kappa shape index (κ2) is 7.25. The van der Waals surface area contributed by atoms with E-state index in [-0.39, 0.29) is 6.04 Å². The zero-order valence-electron chi connectivity index (χ0n) is 14.8. The van der Waals surface area contributed by atoms with Crippen LogP contribution in [0.25, 0.3) is 5.82 Å². The Bertz CT molecular complexity index is 1030. The van der Waals surface area contributed by atoms with Crippen molar-refractivity contribution in [2.75, 3.05) is 11.1 Å². The van der Waals surface area contributed by atoms with Gasteiger partial charge in [0.2, 0.25) is 0 Å². The maximum absolute atomic E-state index is 6.34. The second-order valence-corrected chi connectivity index (χ2v) is 6.16. The van der Waals surface area contributed by atoms with Gasteiger partial charge in [-0.25, -0.2) is 14.6 Å². The summed E-state index contributed by atoms with van der Waals surface area (Å²) in [5.41, 5.74) is 9.89. The zero-order valence-corrected chi connectivity index (χ0v) is 14.8. The number of nitrogens with two attached hydrogens (primary N) is 1. The molecule has 0 saturated heterocycles. The number of pyridine rings is 1. The maximum Gasteiger partial charge on any atom is 0.181 e. The Morgan fingerprint density at radius 1 is 1.00 bits per heavy atom. The Labute approximate surface area is 156 Å². The molecule has 134 valence electrons. The summed E-state index contributed by atoms with van der Waals surface area (Å²) in [6.45, 7) is 2.06. The van der Waals surface area contributed by atoms with Gasteiger partial charge < -0.3 is 11.1 Å². The third-order valence-corrected chi connectivity index (χ3v) is 4.22. The Balaban J connectivity index is 1.76. The van der Waals surface area contributed by atoms with Crippen LogP contribution in [0.15, 0.2) is 73.4 Å². The van der Waals surface area contributed by atoms with Gasteiger partial charge in [-0.05, 0) is 30.7 Å². The van der Waals surface area contributed by atoms with Crippen LogP contribution in [0.5, 0.6) is 0 Å². The summed E-state index contributed by atoms with van der Waals surface area (Å²) in [6, 6.07) is 15.7. The highest BCUT2D eigenvalue weighted by Gasteiger charge is 2.19. The van der Waals surface area contributed by atoms with Gasteiger partial charge in [0.15, 0.2) is 11.6 Å². The van der Waals surface area contributed by atoms with E-state index >= 15 is 0 Å². The molecule has 0 radical (unpaired) electrons. The van der Waals surface area contributed by atoms with Crippen molar-refractivity contribution in [1.29, 1.82) is 0 Å². The lowest BCUT2D eigenvalue weighted by molar-refractivity contribution is 0.835. The van der Waals surface area contributed by atoms with E-state index in [4.69, 9.17) is 5.73 Å². The lowest BCUT2D eigenvalue weighted by Crippen LogP contribution is -2.17. The van der Waals surface area contributed by atoms with Crippen LogP contribution >= 0.6 is 0 Å². The molecule has 7 heteroatoms. The van der Waals surface area contributed by atoms with Gasteiger partial charge in [0, 0.05) is 18.6 Å². The van der Waals surface area contributed by atoms with Gasteiger partial charge in [0.25, 0.3) is 0 Å². The van der Waals surface area contributed by atoms with Gasteiger partial charge in [0.1, 0.15) is 12.0 Å². The van der Waals surface area contributed by atoms with Crippen LogP contribution < -0.4 is 11.1 Å². The maximum atomic E-state index is 6.34. The van der Waals surface area contributed by atoms with Crippen molar-refractivity contribution in [3.05, 3.63) is 90.3 Å². The zero-order chi connectivity index (χ0) is 18.6. The predicted octanol–water partition coefficient (Wildman–Crippen LogP) is 3.15. The van der Waals surface area contributed by atoms with Crippen molar-refractivity contribution in [3.63, 3.8) is 0 Å². The molecule has 4 rings (SSSR count). The average molecular weight is 357 g/mol. The number of hydrogen-bond donors (Lipinski definition) is 2. The summed E-state index contributed by atoms with van der Waals surface area (Å²) in [4.78, 5) is 13.1. The molecule has 27 heavy (non-hydrogen) atoms. The second-order valence-electron chi connectivity index (χ2n) is 6.16. The Hall–Kier alpha value is -3.74. The highest BCUT2D eigenvalue weighted by molar-refractivity contribution is 5.69. The van der Waals surface area contributed by atoms with E-state index in [2.05, 4.69) is 50.5 Å². The fraction of sp³-hybridized carbons (Fsp3) is 0.100. The minimum atomic E-state index is -0.200. The molecule has 3 heterocycles. The monoisotopic (exact) mass is 357 g/mol. The smallest absolute Gasteiger partial charge is 0.181 e. The first-order valence-corrected chi connectivity index (χ1v) is 8.57. The highest BCUT2D eigenvalue weighted by atomic mass is 15.3. The van der Waals surface area contributed by atoms with Crippen molar-refractivity contribution in [1.82, 2.24) is 24.7 Å². The molecule has 0 spiro atoms. The third-order valence-electron chi connectivity index (χ3n) is 4.22. The number of benzene rings is 1. The van der Waals surface area contributed by atoms with E-state index in [0.29, 0.717) is 17.3 Å². The quantitative estimate of drug-likeness (QED) is 0.570. The van der Waals surface area contributed by atoms with Crippen molar-refractivity contribution < 1.29 is 0 Å². The summed E-state index contributed by atoms with van der Waals surface area (Å²) in [7, 11) is 0. The molecule has 0 bridgehead atoms. The van der Waals surface area contributed by atoms with Crippen LogP contribution in [0.2, 0.25) is 0 Å². The molecular weight excluding hydrogens is 338 g/mol. The van der Waals surface area contributed by atoms with Gasteiger partial charge in [-0.3, -0.25) is 4.98 Å². The third kappa shape index (κ3) is 3.48. The molecular formula is C20H19N7. The lowest BCUT2D eigenvalue weighted by Gasteiger charge is -2.21. The first-order chi connectivity index (χ1) is 13.2. The summed E-state index contributed by atoms with van der Waals surface area (Å²) < 4.78 is 1.62. The summed E-state index contributed by atoms with van der Waals surface area (Å²) >= 11 is 0. The van der Waals surface area contributed by atoms with Crippen molar-refractivity contribution in [2.24, 2.45) is 0 Å². The number of nitrogen functional groups attached to an aromatic ring is 1. The lowest BCUT2D eigenvalue weighted by atomic mass is 10.0. The number of aryl methyl sites for hydroxylation is 1. The van der Waals surface area contributed by atoms with Gasteiger partial charge in [-0.1, -0.05) is 35.9 Å². The van der Waals surface area contributed by atoms with E-state index in [1.807, 2.05) is 30.3 Å². The molecule has 0 amide bonds. The topological polar surface area (TPSA) is 94.5 Å². The van der Waals surface area contributed by atoms with E-state index in [1.54, 1.807) is 23.3 Å². The minimum absolute atomic E-state index is 0.200. The molecule has 0 saturated carbocycles. The normalized spacial score (nSPS) is 11.9. The van der Waals surface area contributed by atoms with Gasteiger partial charge >= 0.3 is 0 Å². The number of nitrogens with zero attached hydrogens (tertiary/aromatic N) is 5. The van der Waals surface area contributed by atoms with E-state index in [9.17, 15) is 0 Å². The molecule has 0 aliphatic rings. The predicted molar refractivity (Wildman–Crippen MR) is 104 cm³/mol. The highest BCUT2D eigenvalue weighted by Crippen LogP contribution is 2.29. The molecule has 0 fully saturated rings. The molecule has 7 nitrogen and oxygen atoms in total. The number of aromatic nitrogens is 5. The number of nitrogens with one attached hydrogen (secondary N) is 1. The number of anilines is 2. The molecule has 4 aromatic rings. The largest absolute Gasteiger partial charge is 0.393 e. The Kier molecular flexibility index (Phi) is 4.49. The number of hydrogen-bond acceptors (Lipinski definition) is 6. The van der Waals surface area contributed by atoms with Crippen molar-refractivity contribution in [2.45, 2.75) is 13.0 Å². The van der Waals surface area contributed by atoms with Crippen LogP contribution in [0.1, 0.15) is 22.9 Å². The molecule has 0 aliphatic heterocycles. The SMILES string of the molecule is Cc1cccc(C(Nc2ncnc(-n3cccn3)c2N)c2ccccn2)c1. The van der Waals surface area contributed by atoms with E-state index in [1.165, 1.54) is 11.9 Å². The molecule has 1 aromatic carbocycles. The molecule has 3 N–H and O–H groups in total. The summed E-state index contributed by atoms with van der Waals surface area (Å²) in [5, 5.41) is 7.63. The van der Waals surface area contributed by atoms with Crippen molar-refractivity contribution in [3.8, 4) is 5.82 Å². The first-order valence-electron chi connectivity index (χ1n) is 8.57. The van der Waals surface area contributed by atoms with Crippen LogP contribution in [-0.2, 0) is 0 Å². The molecule has 1 unspecified atom stereocenters. The Morgan fingerprint density at radius 3 is 2.67 bits per heavy atom. The standard InChI is InChI=1S/C20H19N7/c1-14-6-4-7-15(12-14)18(16-8-2-3-9-22-16)26-19-17(21)20(24-13-23-19)27-11-5-10-25-27/h2-13,18H,21H2,1H3,(H,23,24,26). The van der Waals surface area contributed by atoms with Gasteiger partial charge in [0.05, 0.1) is 11.7 Å². The molecule has 0 aliphatic carbocycles. The fourth-order valence-corrected chi connectivity index (χ4v) is 2.94. The molecule has 1 atom stereocenters. The fourth-order valence-electron chi connectivity index (χ4n) is 2.94. The first kappa shape index (κ1) is 16.7. The summed E-state index contributed by atoms with van der Waals surface area (Å²) in [5.74, 6) is 1.06. The van der Waals surface area contributed by atoms with E-state index < -0.39 is 0 Å². The van der Waals surface area contributed by atoms with Crippen LogP contribution in [0, 0.1) is 6.92 Å².